The average molecular weight is 421 g/mol. The Labute approximate surface area is 185 Å². The van der Waals surface area contributed by atoms with Gasteiger partial charge in [-0.2, -0.15) is 0 Å². The fourth-order valence-corrected chi connectivity index (χ4v) is 4.63. The molecule has 164 valence electrons. The van der Waals surface area contributed by atoms with Crippen LogP contribution in [0.15, 0.2) is 48.5 Å². The quantitative estimate of drug-likeness (QED) is 0.439. The Morgan fingerprint density at radius 3 is 2.13 bits per heavy atom. The maximum Gasteiger partial charge on any atom is 0.312 e. The largest absolute Gasteiger partial charge is 0.461 e. The van der Waals surface area contributed by atoms with Gasteiger partial charge in [-0.05, 0) is 37.8 Å². The lowest BCUT2D eigenvalue weighted by atomic mass is 9.81. The molecule has 1 saturated carbocycles. The van der Waals surface area contributed by atoms with Gasteiger partial charge in [0, 0.05) is 23.5 Å². The SMILES string of the molecule is CCCC(OC(=O)C1(CC)CC1)C(C)C(=O)CC1c2ccccc2Oc2ccccc21. The molecule has 1 aliphatic heterocycles. The molecule has 0 spiro atoms. The number of para-hydroxylation sites is 2. The highest BCUT2D eigenvalue weighted by Gasteiger charge is 2.50. The van der Waals surface area contributed by atoms with E-state index < -0.39 is 0 Å². The minimum Gasteiger partial charge on any atom is -0.461 e. The van der Waals surface area contributed by atoms with Gasteiger partial charge in [-0.1, -0.05) is 63.6 Å². The summed E-state index contributed by atoms with van der Waals surface area (Å²) in [6.07, 6.45) is 4.20. The molecule has 1 fully saturated rings. The molecule has 2 aromatic rings. The van der Waals surface area contributed by atoms with Crippen molar-refractivity contribution < 1.29 is 19.1 Å². The summed E-state index contributed by atoms with van der Waals surface area (Å²) in [5.41, 5.74) is 1.77. The summed E-state index contributed by atoms with van der Waals surface area (Å²) < 4.78 is 12.0. The van der Waals surface area contributed by atoms with Crippen LogP contribution in [0.4, 0.5) is 0 Å². The summed E-state index contributed by atoms with van der Waals surface area (Å²) in [7, 11) is 0. The van der Waals surface area contributed by atoms with Gasteiger partial charge >= 0.3 is 5.97 Å². The van der Waals surface area contributed by atoms with E-state index in [4.69, 9.17) is 9.47 Å². The molecule has 2 unspecified atom stereocenters. The second-order valence-corrected chi connectivity index (χ2v) is 9.06. The van der Waals surface area contributed by atoms with Crippen LogP contribution < -0.4 is 4.74 Å². The van der Waals surface area contributed by atoms with Crippen molar-refractivity contribution >= 4 is 11.8 Å². The van der Waals surface area contributed by atoms with Crippen molar-refractivity contribution in [1.29, 1.82) is 0 Å². The van der Waals surface area contributed by atoms with Crippen LogP contribution in [0.5, 0.6) is 11.5 Å². The fraction of sp³-hybridized carbons (Fsp3) is 0.481. The Morgan fingerprint density at radius 2 is 1.61 bits per heavy atom. The summed E-state index contributed by atoms with van der Waals surface area (Å²) in [4.78, 5) is 26.2. The highest BCUT2D eigenvalue weighted by molar-refractivity contribution is 5.84. The van der Waals surface area contributed by atoms with Crippen LogP contribution in [0.25, 0.3) is 0 Å². The Morgan fingerprint density at radius 1 is 1.03 bits per heavy atom. The predicted octanol–water partition coefficient (Wildman–Crippen LogP) is 6.42. The molecule has 2 aliphatic rings. The maximum absolute atomic E-state index is 13.4. The zero-order chi connectivity index (χ0) is 22.0. The van der Waals surface area contributed by atoms with Gasteiger partial charge in [0.2, 0.25) is 0 Å². The number of fused-ring (bicyclic) bond motifs is 2. The Kier molecular flexibility index (Phi) is 6.17. The molecule has 4 rings (SSSR count). The first-order valence-corrected chi connectivity index (χ1v) is 11.6. The first-order chi connectivity index (χ1) is 15.0. The summed E-state index contributed by atoms with van der Waals surface area (Å²) in [5.74, 6) is 1.24. The molecular formula is C27H32O4. The molecule has 0 N–H and O–H groups in total. The average Bonchev–Trinajstić information content (AvgIpc) is 3.59. The lowest BCUT2D eigenvalue weighted by Gasteiger charge is -2.30. The minimum atomic E-state index is -0.362. The van der Waals surface area contributed by atoms with E-state index in [1.807, 2.05) is 62.4 Å². The summed E-state index contributed by atoms with van der Waals surface area (Å²) in [6, 6.07) is 15.8. The molecule has 0 amide bonds. The number of ketones is 1. The maximum atomic E-state index is 13.4. The van der Waals surface area contributed by atoms with Crippen LogP contribution >= 0.6 is 0 Å². The lowest BCUT2D eigenvalue weighted by Crippen LogP contribution is -2.34. The van der Waals surface area contributed by atoms with E-state index in [1.54, 1.807) is 0 Å². The van der Waals surface area contributed by atoms with Crippen molar-refractivity contribution in [2.75, 3.05) is 0 Å². The Hall–Kier alpha value is -2.62. The van der Waals surface area contributed by atoms with Gasteiger partial charge in [0.15, 0.2) is 0 Å². The molecule has 0 saturated heterocycles. The van der Waals surface area contributed by atoms with Crippen molar-refractivity contribution in [2.24, 2.45) is 11.3 Å². The van der Waals surface area contributed by atoms with E-state index in [0.29, 0.717) is 12.8 Å². The number of hydrogen-bond donors (Lipinski definition) is 0. The van der Waals surface area contributed by atoms with Crippen LogP contribution in [-0.4, -0.2) is 17.9 Å². The van der Waals surface area contributed by atoms with Crippen LogP contribution in [-0.2, 0) is 14.3 Å². The number of ether oxygens (including phenoxy) is 2. The first-order valence-electron chi connectivity index (χ1n) is 11.6. The second kappa shape index (κ2) is 8.86. The number of hydrogen-bond acceptors (Lipinski definition) is 4. The molecule has 4 nitrogen and oxygen atoms in total. The zero-order valence-corrected chi connectivity index (χ0v) is 18.7. The molecule has 1 aliphatic carbocycles. The van der Waals surface area contributed by atoms with Crippen molar-refractivity contribution in [3.8, 4) is 11.5 Å². The number of carbonyl (C=O) groups excluding carboxylic acids is 2. The molecule has 2 aromatic carbocycles. The number of esters is 1. The van der Waals surface area contributed by atoms with Gasteiger partial charge in [0.1, 0.15) is 23.4 Å². The van der Waals surface area contributed by atoms with Crippen molar-refractivity contribution in [3.63, 3.8) is 0 Å². The van der Waals surface area contributed by atoms with Crippen LogP contribution in [0, 0.1) is 11.3 Å². The molecule has 31 heavy (non-hydrogen) atoms. The van der Waals surface area contributed by atoms with Crippen molar-refractivity contribution in [3.05, 3.63) is 59.7 Å². The van der Waals surface area contributed by atoms with Crippen LogP contribution in [0.1, 0.15) is 76.3 Å². The smallest absolute Gasteiger partial charge is 0.312 e. The van der Waals surface area contributed by atoms with Gasteiger partial charge in [0.25, 0.3) is 0 Å². The number of carbonyl (C=O) groups is 2. The van der Waals surface area contributed by atoms with E-state index in [1.165, 1.54) is 0 Å². The van der Waals surface area contributed by atoms with Gasteiger partial charge in [0.05, 0.1) is 11.3 Å². The van der Waals surface area contributed by atoms with E-state index >= 15 is 0 Å². The molecular weight excluding hydrogens is 388 g/mol. The van der Waals surface area contributed by atoms with Gasteiger partial charge < -0.3 is 9.47 Å². The third-order valence-electron chi connectivity index (χ3n) is 7.07. The standard InChI is InChI=1S/C27H32O4/c1-4-10-23(31-26(29)27(5-2)15-16-27)18(3)22(28)17-21-19-11-6-8-13-24(19)30-25-14-9-7-12-20(21)25/h6-9,11-14,18,21,23H,4-5,10,15-17H2,1-3H3. The molecule has 4 heteroatoms. The topological polar surface area (TPSA) is 52.6 Å². The number of Topliss-reactive ketones (excluding diaryl/α,β-unsaturated/α-hetero) is 1. The third-order valence-corrected chi connectivity index (χ3v) is 7.07. The minimum absolute atomic E-state index is 0.0560. The lowest BCUT2D eigenvalue weighted by molar-refractivity contribution is -0.160. The van der Waals surface area contributed by atoms with Gasteiger partial charge in [-0.15, -0.1) is 0 Å². The molecule has 2 atom stereocenters. The number of rotatable bonds is 9. The predicted molar refractivity (Wildman–Crippen MR) is 120 cm³/mol. The molecule has 1 heterocycles. The molecule has 0 radical (unpaired) electrons. The second-order valence-electron chi connectivity index (χ2n) is 9.06. The monoisotopic (exact) mass is 420 g/mol. The summed E-state index contributed by atoms with van der Waals surface area (Å²) in [5, 5.41) is 0. The van der Waals surface area contributed by atoms with E-state index in [2.05, 4.69) is 6.92 Å². The Balaban J connectivity index is 1.53. The zero-order valence-electron chi connectivity index (χ0n) is 18.7. The highest BCUT2D eigenvalue weighted by atomic mass is 16.5. The van der Waals surface area contributed by atoms with Crippen molar-refractivity contribution in [1.82, 2.24) is 0 Å². The van der Waals surface area contributed by atoms with E-state index in [9.17, 15) is 9.59 Å². The normalized spacial score (nSPS) is 18.2. The van der Waals surface area contributed by atoms with E-state index in [-0.39, 0.29) is 35.1 Å². The van der Waals surface area contributed by atoms with E-state index in [0.717, 1.165) is 48.3 Å². The van der Waals surface area contributed by atoms with Crippen LogP contribution in [0.2, 0.25) is 0 Å². The van der Waals surface area contributed by atoms with Gasteiger partial charge in [-0.3, -0.25) is 9.59 Å². The van der Waals surface area contributed by atoms with Crippen LogP contribution in [0.3, 0.4) is 0 Å². The first kappa shape index (κ1) is 21.6. The number of benzene rings is 2. The van der Waals surface area contributed by atoms with Gasteiger partial charge in [-0.25, -0.2) is 0 Å². The Bertz CT molecular complexity index is 914. The summed E-state index contributed by atoms with van der Waals surface area (Å²) >= 11 is 0. The highest BCUT2D eigenvalue weighted by Crippen LogP contribution is 2.50. The van der Waals surface area contributed by atoms with Crippen molar-refractivity contribution in [2.45, 2.75) is 71.3 Å². The fourth-order valence-electron chi connectivity index (χ4n) is 4.63. The third kappa shape index (κ3) is 4.26. The molecule has 0 bridgehead atoms. The molecule has 0 aromatic heterocycles. The summed E-state index contributed by atoms with van der Waals surface area (Å²) in [6.45, 7) is 6.02.